The molecule has 2 rings (SSSR count). The monoisotopic (exact) mass is 297 g/mol. The number of nitrogens with one attached hydrogen (secondary N) is 1. The summed E-state index contributed by atoms with van der Waals surface area (Å²) in [5.41, 5.74) is 1.23. The van der Waals surface area contributed by atoms with Crippen molar-refractivity contribution in [2.45, 2.75) is 18.8 Å². The van der Waals surface area contributed by atoms with Crippen LogP contribution in [0.5, 0.6) is 0 Å². The van der Waals surface area contributed by atoms with Crippen molar-refractivity contribution in [3.8, 4) is 0 Å². The molecule has 1 saturated heterocycles. The van der Waals surface area contributed by atoms with Gasteiger partial charge in [0.25, 0.3) is 0 Å². The molecule has 2 atom stereocenters. The van der Waals surface area contributed by atoms with Crippen LogP contribution in [-0.2, 0) is 4.79 Å². The summed E-state index contributed by atoms with van der Waals surface area (Å²) in [6, 6.07) is 8.19. The molecule has 2 unspecified atom stereocenters. The molecule has 1 aliphatic heterocycles. The van der Waals surface area contributed by atoms with Crippen molar-refractivity contribution >= 4 is 21.9 Å². The Morgan fingerprint density at radius 1 is 1.41 bits per heavy atom. The maximum absolute atomic E-state index is 10.9. The van der Waals surface area contributed by atoms with Crippen LogP contribution in [0.15, 0.2) is 28.7 Å². The summed E-state index contributed by atoms with van der Waals surface area (Å²) in [5.74, 6) is -0.137. The second-order valence-electron chi connectivity index (χ2n) is 4.51. The molecular weight excluding hydrogens is 282 g/mol. The highest BCUT2D eigenvalue weighted by molar-refractivity contribution is 9.10. The number of hydrogen-bond acceptors (Lipinski definition) is 2. The van der Waals surface area contributed by atoms with Crippen LogP contribution in [-0.4, -0.2) is 24.2 Å². The van der Waals surface area contributed by atoms with Gasteiger partial charge in [-0.25, -0.2) is 0 Å². The zero-order chi connectivity index (χ0) is 12.3. The van der Waals surface area contributed by atoms with Crippen molar-refractivity contribution in [3.63, 3.8) is 0 Å². The Kier molecular flexibility index (Phi) is 4.18. The third-order valence-corrected chi connectivity index (χ3v) is 3.89. The fourth-order valence-corrected chi connectivity index (χ4v) is 2.75. The first-order valence-corrected chi connectivity index (χ1v) is 6.64. The van der Waals surface area contributed by atoms with Gasteiger partial charge in [0, 0.05) is 17.4 Å². The number of carboxylic acid groups (broad SMARTS) is 1. The van der Waals surface area contributed by atoms with Crippen molar-refractivity contribution < 1.29 is 9.90 Å². The molecule has 17 heavy (non-hydrogen) atoms. The highest BCUT2D eigenvalue weighted by Gasteiger charge is 2.27. The van der Waals surface area contributed by atoms with Crippen LogP contribution in [0.25, 0.3) is 0 Å². The van der Waals surface area contributed by atoms with Crippen LogP contribution >= 0.6 is 15.9 Å². The lowest BCUT2D eigenvalue weighted by atomic mass is 9.80. The van der Waals surface area contributed by atoms with Gasteiger partial charge in [-0.2, -0.15) is 0 Å². The largest absolute Gasteiger partial charge is 0.481 e. The minimum Gasteiger partial charge on any atom is -0.481 e. The molecule has 92 valence electrons. The number of piperidine rings is 1. The Bertz CT molecular complexity index is 391. The number of hydrogen-bond donors (Lipinski definition) is 2. The quantitative estimate of drug-likeness (QED) is 0.902. The minimum absolute atomic E-state index is 0.245. The van der Waals surface area contributed by atoms with E-state index in [1.54, 1.807) is 0 Å². The second kappa shape index (κ2) is 5.65. The molecule has 0 bridgehead atoms. The lowest BCUT2D eigenvalue weighted by Gasteiger charge is -2.31. The number of carboxylic acids is 1. The lowest BCUT2D eigenvalue weighted by Crippen LogP contribution is -2.36. The van der Waals surface area contributed by atoms with E-state index in [-0.39, 0.29) is 12.3 Å². The standard InChI is InChI=1S/C13H16BrNO2/c14-11-3-1-9(2-4-11)12-8-15-6-5-10(12)7-13(16)17/h1-4,10,12,15H,5-8H2,(H,16,17). The van der Waals surface area contributed by atoms with Gasteiger partial charge in [-0.1, -0.05) is 28.1 Å². The van der Waals surface area contributed by atoms with Crippen molar-refractivity contribution in [2.75, 3.05) is 13.1 Å². The molecule has 0 aromatic heterocycles. The fraction of sp³-hybridized carbons (Fsp3) is 0.462. The fourth-order valence-electron chi connectivity index (χ4n) is 2.48. The third-order valence-electron chi connectivity index (χ3n) is 3.36. The van der Waals surface area contributed by atoms with Crippen LogP contribution in [0.4, 0.5) is 0 Å². The number of rotatable bonds is 3. The van der Waals surface area contributed by atoms with Gasteiger partial charge in [-0.05, 0) is 42.5 Å². The molecule has 4 heteroatoms. The average molecular weight is 298 g/mol. The van der Waals surface area contributed by atoms with Gasteiger partial charge in [0.1, 0.15) is 0 Å². The molecule has 3 nitrogen and oxygen atoms in total. The van der Waals surface area contributed by atoms with Crippen LogP contribution in [0, 0.1) is 5.92 Å². The van der Waals surface area contributed by atoms with Gasteiger partial charge in [-0.15, -0.1) is 0 Å². The summed E-state index contributed by atoms with van der Waals surface area (Å²) in [5, 5.41) is 12.3. The van der Waals surface area contributed by atoms with Gasteiger partial charge in [0.2, 0.25) is 0 Å². The zero-order valence-electron chi connectivity index (χ0n) is 9.53. The molecule has 0 aliphatic carbocycles. The van der Waals surface area contributed by atoms with E-state index < -0.39 is 5.97 Å². The predicted molar refractivity (Wildman–Crippen MR) is 70.1 cm³/mol. The molecular formula is C13H16BrNO2. The summed E-state index contributed by atoms with van der Waals surface area (Å²) in [4.78, 5) is 10.9. The molecule has 1 aromatic rings. The van der Waals surface area contributed by atoms with Gasteiger partial charge in [0.15, 0.2) is 0 Å². The first-order valence-electron chi connectivity index (χ1n) is 5.85. The van der Waals surface area contributed by atoms with Crippen molar-refractivity contribution in [3.05, 3.63) is 34.3 Å². The van der Waals surface area contributed by atoms with E-state index in [1.165, 1.54) is 5.56 Å². The van der Waals surface area contributed by atoms with Gasteiger partial charge in [0.05, 0.1) is 0 Å². The average Bonchev–Trinajstić information content (AvgIpc) is 2.30. The van der Waals surface area contributed by atoms with E-state index in [0.717, 1.165) is 24.0 Å². The van der Waals surface area contributed by atoms with E-state index >= 15 is 0 Å². The third kappa shape index (κ3) is 3.30. The molecule has 1 aromatic carbocycles. The highest BCUT2D eigenvalue weighted by atomic mass is 79.9. The Labute approximate surface area is 109 Å². The van der Waals surface area contributed by atoms with E-state index in [4.69, 9.17) is 5.11 Å². The van der Waals surface area contributed by atoms with Gasteiger partial charge >= 0.3 is 5.97 Å². The molecule has 0 radical (unpaired) electrons. The lowest BCUT2D eigenvalue weighted by molar-refractivity contribution is -0.138. The maximum Gasteiger partial charge on any atom is 0.303 e. The van der Waals surface area contributed by atoms with E-state index in [1.807, 2.05) is 12.1 Å². The topological polar surface area (TPSA) is 49.3 Å². The summed E-state index contributed by atoms with van der Waals surface area (Å²) >= 11 is 3.42. The molecule has 1 heterocycles. The summed E-state index contributed by atoms with van der Waals surface area (Å²) in [7, 11) is 0. The first-order chi connectivity index (χ1) is 8.16. The predicted octanol–water partition coefficient (Wildman–Crippen LogP) is 2.62. The minimum atomic E-state index is -0.695. The van der Waals surface area contributed by atoms with Crippen molar-refractivity contribution in [2.24, 2.45) is 5.92 Å². The zero-order valence-corrected chi connectivity index (χ0v) is 11.1. The molecule has 0 spiro atoms. The van der Waals surface area contributed by atoms with E-state index in [0.29, 0.717) is 5.92 Å². The molecule has 2 N–H and O–H groups in total. The van der Waals surface area contributed by atoms with Crippen LogP contribution in [0.2, 0.25) is 0 Å². The maximum atomic E-state index is 10.9. The Morgan fingerprint density at radius 3 is 2.76 bits per heavy atom. The number of aliphatic carboxylic acids is 1. The summed E-state index contributed by atoms with van der Waals surface area (Å²) in [6.45, 7) is 1.80. The van der Waals surface area contributed by atoms with Crippen molar-refractivity contribution in [1.82, 2.24) is 5.32 Å². The smallest absolute Gasteiger partial charge is 0.303 e. The second-order valence-corrected chi connectivity index (χ2v) is 5.42. The van der Waals surface area contributed by atoms with Gasteiger partial charge in [-0.3, -0.25) is 4.79 Å². The Balaban J connectivity index is 2.15. The molecule has 1 fully saturated rings. The molecule has 0 saturated carbocycles. The van der Waals surface area contributed by atoms with Gasteiger partial charge < -0.3 is 10.4 Å². The Hall–Kier alpha value is -0.870. The van der Waals surface area contributed by atoms with E-state index in [9.17, 15) is 4.79 Å². The SMILES string of the molecule is O=C(O)CC1CCNCC1c1ccc(Br)cc1. The number of benzene rings is 1. The van der Waals surface area contributed by atoms with Crippen LogP contribution in [0.3, 0.4) is 0 Å². The number of halogens is 1. The molecule has 0 amide bonds. The normalized spacial score (nSPS) is 24.5. The van der Waals surface area contributed by atoms with Crippen molar-refractivity contribution in [1.29, 1.82) is 0 Å². The summed E-state index contributed by atoms with van der Waals surface area (Å²) in [6.07, 6.45) is 1.20. The summed E-state index contributed by atoms with van der Waals surface area (Å²) < 4.78 is 1.06. The van der Waals surface area contributed by atoms with Crippen LogP contribution < -0.4 is 5.32 Å². The number of carbonyl (C=O) groups is 1. The highest BCUT2D eigenvalue weighted by Crippen LogP contribution is 2.32. The Morgan fingerprint density at radius 2 is 2.12 bits per heavy atom. The molecule has 1 aliphatic rings. The van der Waals surface area contributed by atoms with E-state index in [2.05, 4.69) is 33.4 Å². The van der Waals surface area contributed by atoms with Crippen LogP contribution in [0.1, 0.15) is 24.3 Å². The first kappa shape index (κ1) is 12.6.